The van der Waals surface area contributed by atoms with E-state index in [-0.39, 0.29) is 17.9 Å². The molecule has 3 unspecified atom stereocenters. The Balaban J connectivity index is 1.63. The van der Waals surface area contributed by atoms with Crippen LogP contribution in [-0.2, 0) is 4.79 Å². The van der Waals surface area contributed by atoms with E-state index in [2.05, 4.69) is 17.6 Å². The van der Waals surface area contributed by atoms with Crippen molar-refractivity contribution >= 4 is 5.91 Å². The summed E-state index contributed by atoms with van der Waals surface area (Å²) < 4.78 is 5.56. The Morgan fingerprint density at radius 3 is 3.00 bits per heavy atom. The summed E-state index contributed by atoms with van der Waals surface area (Å²) in [5, 5.41) is 6.54. The van der Waals surface area contributed by atoms with Gasteiger partial charge in [-0.25, -0.2) is 0 Å². The standard InChI is InChI=1S/C15H20N2O2/c1-10-6-7-11(8-16-10)17-15(18)13-9-19-14-5-3-2-4-12(13)14/h2-5,10-11,13,16H,6-9H2,1H3,(H,17,18). The maximum Gasteiger partial charge on any atom is 0.231 e. The largest absolute Gasteiger partial charge is 0.492 e. The highest BCUT2D eigenvalue weighted by atomic mass is 16.5. The zero-order valence-corrected chi connectivity index (χ0v) is 11.2. The number of nitrogens with one attached hydrogen (secondary N) is 2. The first-order valence-electron chi connectivity index (χ1n) is 6.99. The molecule has 0 bridgehead atoms. The molecule has 0 saturated carbocycles. The van der Waals surface area contributed by atoms with E-state index in [1.165, 1.54) is 0 Å². The molecule has 2 heterocycles. The fraction of sp³-hybridized carbons (Fsp3) is 0.533. The summed E-state index contributed by atoms with van der Waals surface area (Å²) in [7, 11) is 0. The third kappa shape index (κ3) is 2.59. The molecule has 1 aromatic carbocycles. The Morgan fingerprint density at radius 2 is 2.21 bits per heavy atom. The Labute approximate surface area is 113 Å². The van der Waals surface area contributed by atoms with Gasteiger partial charge in [-0.3, -0.25) is 4.79 Å². The van der Waals surface area contributed by atoms with Crippen molar-refractivity contribution in [3.63, 3.8) is 0 Å². The molecule has 4 heteroatoms. The minimum atomic E-state index is -0.157. The second-order valence-corrected chi connectivity index (χ2v) is 5.49. The van der Waals surface area contributed by atoms with Crippen LogP contribution in [0.1, 0.15) is 31.2 Å². The number of ether oxygens (including phenoxy) is 1. The molecule has 3 rings (SSSR count). The lowest BCUT2D eigenvalue weighted by Crippen LogP contribution is -2.49. The van der Waals surface area contributed by atoms with E-state index in [4.69, 9.17) is 4.74 Å². The molecular weight excluding hydrogens is 240 g/mol. The number of fused-ring (bicyclic) bond motifs is 1. The number of carbonyl (C=O) groups is 1. The second-order valence-electron chi connectivity index (χ2n) is 5.49. The number of hydrogen-bond donors (Lipinski definition) is 2. The topological polar surface area (TPSA) is 50.4 Å². The number of benzene rings is 1. The number of amides is 1. The number of piperidine rings is 1. The van der Waals surface area contributed by atoms with Gasteiger partial charge >= 0.3 is 0 Å². The van der Waals surface area contributed by atoms with Gasteiger partial charge in [-0.2, -0.15) is 0 Å². The average Bonchev–Trinajstić information content (AvgIpc) is 2.85. The fourth-order valence-corrected chi connectivity index (χ4v) is 2.80. The summed E-state index contributed by atoms with van der Waals surface area (Å²) in [6.07, 6.45) is 2.16. The van der Waals surface area contributed by atoms with E-state index in [9.17, 15) is 4.79 Å². The molecule has 2 aliphatic rings. The highest BCUT2D eigenvalue weighted by molar-refractivity contribution is 5.85. The third-order valence-corrected chi connectivity index (χ3v) is 4.02. The molecule has 2 N–H and O–H groups in total. The van der Waals surface area contributed by atoms with Gasteiger partial charge in [-0.05, 0) is 25.8 Å². The highest BCUT2D eigenvalue weighted by Gasteiger charge is 2.31. The van der Waals surface area contributed by atoms with Crippen LogP contribution >= 0.6 is 0 Å². The summed E-state index contributed by atoms with van der Waals surface area (Å²) in [5.74, 6) is 0.778. The quantitative estimate of drug-likeness (QED) is 0.845. The summed E-state index contributed by atoms with van der Waals surface area (Å²) >= 11 is 0. The predicted octanol–water partition coefficient (Wildman–Crippen LogP) is 1.42. The SMILES string of the molecule is CC1CCC(NC(=O)C2COc3ccccc32)CN1. The third-order valence-electron chi connectivity index (χ3n) is 4.02. The summed E-state index contributed by atoms with van der Waals surface area (Å²) in [6, 6.07) is 8.60. The zero-order valence-electron chi connectivity index (χ0n) is 11.2. The molecule has 0 radical (unpaired) electrons. The van der Waals surface area contributed by atoms with Crippen molar-refractivity contribution in [2.24, 2.45) is 0 Å². The molecule has 0 aliphatic carbocycles. The average molecular weight is 260 g/mol. The molecular formula is C15H20N2O2. The Hall–Kier alpha value is -1.55. The molecule has 4 nitrogen and oxygen atoms in total. The zero-order chi connectivity index (χ0) is 13.2. The van der Waals surface area contributed by atoms with Crippen LogP contribution in [0.4, 0.5) is 0 Å². The minimum absolute atomic E-state index is 0.0892. The van der Waals surface area contributed by atoms with Crippen molar-refractivity contribution in [1.29, 1.82) is 0 Å². The maximum atomic E-state index is 12.3. The van der Waals surface area contributed by atoms with E-state index >= 15 is 0 Å². The Morgan fingerprint density at radius 1 is 1.37 bits per heavy atom. The first-order valence-corrected chi connectivity index (χ1v) is 6.99. The first kappa shape index (κ1) is 12.5. The number of carbonyl (C=O) groups excluding carboxylic acids is 1. The molecule has 1 saturated heterocycles. The van der Waals surface area contributed by atoms with Gasteiger partial charge in [0.2, 0.25) is 5.91 Å². The first-order chi connectivity index (χ1) is 9.24. The van der Waals surface area contributed by atoms with Crippen molar-refractivity contribution in [2.75, 3.05) is 13.2 Å². The van der Waals surface area contributed by atoms with Gasteiger partial charge in [0.25, 0.3) is 0 Å². The van der Waals surface area contributed by atoms with Crippen molar-refractivity contribution in [3.8, 4) is 5.75 Å². The van der Waals surface area contributed by atoms with Crippen LogP contribution in [0.15, 0.2) is 24.3 Å². The normalized spacial score (nSPS) is 29.4. The monoisotopic (exact) mass is 260 g/mol. The van der Waals surface area contributed by atoms with E-state index in [0.717, 1.165) is 30.7 Å². The summed E-state index contributed by atoms with van der Waals surface area (Å²) in [6.45, 7) is 3.50. The molecule has 0 spiro atoms. The lowest BCUT2D eigenvalue weighted by molar-refractivity contribution is -0.123. The van der Waals surface area contributed by atoms with Crippen molar-refractivity contribution in [1.82, 2.24) is 10.6 Å². The van der Waals surface area contributed by atoms with Crippen LogP contribution in [0, 0.1) is 0 Å². The predicted molar refractivity (Wildman–Crippen MR) is 73.3 cm³/mol. The smallest absolute Gasteiger partial charge is 0.231 e. The molecule has 0 aromatic heterocycles. The molecule has 1 amide bonds. The molecule has 102 valence electrons. The van der Waals surface area contributed by atoms with Gasteiger partial charge in [0.1, 0.15) is 18.3 Å². The van der Waals surface area contributed by atoms with Crippen LogP contribution < -0.4 is 15.4 Å². The van der Waals surface area contributed by atoms with Gasteiger partial charge < -0.3 is 15.4 Å². The van der Waals surface area contributed by atoms with Gasteiger partial charge in [-0.15, -0.1) is 0 Å². The Bertz CT molecular complexity index is 467. The minimum Gasteiger partial charge on any atom is -0.492 e. The van der Waals surface area contributed by atoms with Crippen molar-refractivity contribution < 1.29 is 9.53 Å². The highest BCUT2D eigenvalue weighted by Crippen LogP contribution is 2.33. The van der Waals surface area contributed by atoms with Crippen molar-refractivity contribution in [3.05, 3.63) is 29.8 Å². The molecule has 19 heavy (non-hydrogen) atoms. The summed E-state index contributed by atoms with van der Waals surface area (Å²) in [4.78, 5) is 12.3. The van der Waals surface area contributed by atoms with Crippen LogP contribution in [-0.4, -0.2) is 31.1 Å². The van der Waals surface area contributed by atoms with Crippen LogP contribution in [0.2, 0.25) is 0 Å². The Kier molecular flexibility index (Phi) is 3.42. The molecule has 3 atom stereocenters. The molecule has 2 aliphatic heterocycles. The van der Waals surface area contributed by atoms with Gasteiger partial charge in [0.05, 0.1) is 0 Å². The van der Waals surface area contributed by atoms with Gasteiger partial charge in [-0.1, -0.05) is 18.2 Å². The van der Waals surface area contributed by atoms with Crippen LogP contribution in [0.25, 0.3) is 0 Å². The summed E-state index contributed by atoms with van der Waals surface area (Å²) in [5.41, 5.74) is 1.01. The van der Waals surface area contributed by atoms with Crippen molar-refractivity contribution in [2.45, 2.75) is 37.8 Å². The second kappa shape index (κ2) is 5.21. The lowest BCUT2D eigenvalue weighted by atomic mass is 9.98. The van der Waals surface area contributed by atoms with Crippen LogP contribution in [0.5, 0.6) is 5.75 Å². The number of hydrogen-bond acceptors (Lipinski definition) is 3. The maximum absolute atomic E-state index is 12.3. The molecule has 1 fully saturated rings. The number of rotatable bonds is 2. The van der Waals surface area contributed by atoms with E-state index in [1.807, 2.05) is 24.3 Å². The van der Waals surface area contributed by atoms with E-state index in [1.54, 1.807) is 0 Å². The number of para-hydroxylation sites is 1. The van der Waals surface area contributed by atoms with Gasteiger partial charge in [0, 0.05) is 24.2 Å². The fourth-order valence-electron chi connectivity index (χ4n) is 2.80. The molecule has 1 aromatic rings. The van der Waals surface area contributed by atoms with E-state index in [0.29, 0.717) is 12.6 Å². The van der Waals surface area contributed by atoms with E-state index < -0.39 is 0 Å². The van der Waals surface area contributed by atoms with Gasteiger partial charge in [0.15, 0.2) is 0 Å². The van der Waals surface area contributed by atoms with Crippen LogP contribution in [0.3, 0.4) is 0 Å². The lowest BCUT2D eigenvalue weighted by Gasteiger charge is -2.29.